The van der Waals surface area contributed by atoms with Gasteiger partial charge in [-0.25, -0.2) is 0 Å². The van der Waals surface area contributed by atoms with Gasteiger partial charge in [0.05, 0.1) is 6.61 Å². The van der Waals surface area contributed by atoms with Crippen molar-refractivity contribution >= 4 is 16.6 Å². The molecular formula is C19H16O2. The largest absolute Gasteiger partial charge is 0.494 e. The molecule has 0 aliphatic heterocycles. The molecule has 0 aliphatic rings. The molecule has 0 saturated carbocycles. The van der Waals surface area contributed by atoms with Crippen molar-refractivity contribution in [1.29, 1.82) is 0 Å². The van der Waals surface area contributed by atoms with Crippen LogP contribution in [0.25, 0.3) is 10.8 Å². The molecule has 0 fully saturated rings. The van der Waals surface area contributed by atoms with Crippen molar-refractivity contribution in [2.24, 2.45) is 0 Å². The van der Waals surface area contributed by atoms with Gasteiger partial charge in [-0.1, -0.05) is 48.5 Å². The smallest absolute Gasteiger partial charge is 0.193 e. The average molecular weight is 276 g/mol. The molecular weight excluding hydrogens is 260 g/mol. The third kappa shape index (κ3) is 2.79. The molecule has 0 unspecified atom stereocenters. The zero-order valence-electron chi connectivity index (χ0n) is 11.9. The first-order valence-electron chi connectivity index (χ1n) is 7.04. The molecule has 0 aliphatic carbocycles. The van der Waals surface area contributed by atoms with E-state index in [1.807, 2.05) is 73.7 Å². The van der Waals surface area contributed by atoms with Crippen LogP contribution in [0.2, 0.25) is 0 Å². The normalized spacial score (nSPS) is 10.5. The quantitative estimate of drug-likeness (QED) is 0.657. The lowest BCUT2D eigenvalue weighted by Gasteiger charge is -2.06. The van der Waals surface area contributed by atoms with Crippen LogP contribution in [0, 0.1) is 0 Å². The predicted octanol–water partition coefficient (Wildman–Crippen LogP) is 4.47. The summed E-state index contributed by atoms with van der Waals surface area (Å²) in [6.07, 6.45) is 0. The lowest BCUT2D eigenvalue weighted by molar-refractivity contribution is 0.103. The highest BCUT2D eigenvalue weighted by Crippen LogP contribution is 2.23. The fourth-order valence-corrected chi connectivity index (χ4v) is 2.38. The molecule has 0 saturated heterocycles. The van der Waals surface area contributed by atoms with E-state index in [1.54, 1.807) is 0 Å². The first-order valence-corrected chi connectivity index (χ1v) is 7.04. The van der Waals surface area contributed by atoms with E-state index in [0.29, 0.717) is 17.7 Å². The highest BCUT2D eigenvalue weighted by Gasteiger charge is 2.09. The Morgan fingerprint density at radius 2 is 1.57 bits per heavy atom. The van der Waals surface area contributed by atoms with E-state index in [-0.39, 0.29) is 5.78 Å². The molecule has 104 valence electrons. The summed E-state index contributed by atoms with van der Waals surface area (Å²) in [7, 11) is 0. The topological polar surface area (TPSA) is 26.3 Å². The number of ether oxygens (including phenoxy) is 1. The summed E-state index contributed by atoms with van der Waals surface area (Å²) in [5.41, 5.74) is 1.42. The number of carbonyl (C=O) groups excluding carboxylic acids is 1. The van der Waals surface area contributed by atoms with Crippen LogP contribution in [-0.4, -0.2) is 12.4 Å². The number of hydrogen-bond donors (Lipinski definition) is 0. The molecule has 0 atom stereocenters. The molecule has 3 aromatic rings. The van der Waals surface area contributed by atoms with Crippen LogP contribution < -0.4 is 4.74 Å². The van der Waals surface area contributed by atoms with E-state index in [1.165, 1.54) is 0 Å². The molecule has 0 amide bonds. The Morgan fingerprint density at radius 1 is 0.857 bits per heavy atom. The molecule has 21 heavy (non-hydrogen) atoms. The number of ketones is 1. The number of rotatable bonds is 4. The maximum absolute atomic E-state index is 12.4. The van der Waals surface area contributed by atoms with Gasteiger partial charge in [-0.05, 0) is 35.9 Å². The van der Waals surface area contributed by atoms with Crippen molar-refractivity contribution in [3.8, 4) is 5.75 Å². The summed E-state index contributed by atoms with van der Waals surface area (Å²) >= 11 is 0. The zero-order chi connectivity index (χ0) is 14.7. The molecule has 3 rings (SSSR count). The SMILES string of the molecule is CCOc1ccc2cc(C(=O)c3ccccc3)ccc2c1. The van der Waals surface area contributed by atoms with Crippen LogP contribution in [0.3, 0.4) is 0 Å². The lowest BCUT2D eigenvalue weighted by atomic mass is 10.00. The van der Waals surface area contributed by atoms with Crippen LogP contribution in [0.5, 0.6) is 5.75 Å². The molecule has 3 aromatic carbocycles. The standard InChI is InChI=1S/C19H16O2/c1-2-21-18-11-10-15-12-17(9-8-16(15)13-18)19(20)14-6-4-3-5-7-14/h3-13H,2H2,1H3. The highest BCUT2D eigenvalue weighted by atomic mass is 16.5. The summed E-state index contributed by atoms with van der Waals surface area (Å²) in [4.78, 5) is 12.4. The summed E-state index contributed by atoms with van der Waals surface area (Å²) in [6, 6.07) is 21.0. The van der Waals surface area contributed by atoms with E-state index in [0.717, 1.165) is 16.5 Å². The Morgan fingerprint density at radius 3 is 2.33 bits per heavy atom. The van der Waals surface area contributed by atoms with Crippen molar-refractivity contribution in [3.05, 3.63) is 77.9 Å². The number of fused-ring (bicyclic) bond motifs is 1. The Labute approximate surface area is 124 Å². The lowest BCUT2D eigenvalue weighted by Crippen LogP contribution is -2.00. The van der Waals surface area contributed by atoms with E-state index >= 15 is 0 Å². The maximum atomic E-state index is 12.4. The molecule has 0 heterocycles. The summed E-state index contributed by atoms with van der Waals surface area (Å²) < 4.78 is 5.49. The number of carbonyl (C=O) groups is 1. The molecule has 2 heteroatoms. The fourth-order valence-electron chi connectivity index (χ4n) is 2.38. The van der Waals surface area contributed by atoms with Crippen LogP contribution in [0.15, 0.2) is 66.7 Å². The van der Waals surface area contributed by atoms with Gasteiger partial charge in [-0.15, -0.1) is 0 Å². The average Bonchev–Trinajstić information content (AvgIpc) is 2.55. The number of benzene rings is 3. The Balaban J connectivity index is 1.98. The van der Waals surface area contributed by atoms with Crippen molar-refractivity contribution in [2.45, 2.75) is 6.92 Å². The van der Waals surface area contributed by atoms with E-state index < -0.39 is 0 Å². The zero-order valence-corrected chi connectivity index (χ0v) is 11.9. The van der Waals surface area contributed by atoms with E-state index in [9.17, 15) is 4.79 Å². The Hall–Kier alpha value is -2.61. The molecule has 2 nitrogen and oxygen atoms in total. The van der Waals surface area contributed by atoms with Crippen molar-refractivity contribution in [2.75, 3.05) is 6.61 Å². The van der Waals surface area contributed by atoms with Gasteiger partial charge in [0.2, 0.25) is 0 Å². The molecule has 0 bridgehead atoms. The Kier molecular flexibility index (Phi) is 3.69. The van der Waals surface area contributed by atoms with Crippen LogP contribution in [0.1, 0.15) is 22.8 Å². The monoisotopic (exact) mass is 276 g/mol. The van der Waals surface area contributed by atoms with Gasteiger partial charge < -0.3 is 4.74 Å². The minimum absolute atomic E-state index is 0.0476. The minimum Gasteiger partial charge on any atom is -0.494 e. The van der Waals surface area contributed by atoms with Gasteiger partial charge in [0.25, 0.3) is 0 Å². The van der Waals surface area contributed by atoms with Gasteiger partial charge in [-0.3, -0.25) is 4.79 Å². The first-order chi connectivity index (χ1) is 10.3. The van der Waals surface area contributed by atoms with Gasteiger partial charge >= 0.3 is 0 Å². The summed E-state index contributed by atoms with van der Waals surface area (Å²) in [6.45, 7) is 2.61. The van der Waals surface area contributed by atoms with Gasteiger partial charge in [-0.2, -0.15) is 0 Å². The molecule has 0 radical (unpaired) electrons. The van der Waals surface area contributed by atoms with Gasteiger partial charge in [0, 0.05) is 11.1 Å². The first kappa shape index (κ1) is 13.4. The second kappa shape index (κ2) is 5.80. The molecule has 0 N–H and O–H groups in total. The summed E-state index contributed by atoms with van der Waals surface area (Å²) in [5.74, 6) is 0.901. The van der Waals surface area contributed by atoms with Crippen LogP contribution in [0.4, 0.5) is 0 Å². The molecule has 0 aromatic heterocycles. The highest BCUT2D eigenvalue weighted by molar-refractivity contribution is 6.10. The number of hydrogen-bond acceptors (Lipinski definition) is 2. The van der Waals surface area contributed by atoms with Crippen LogP contribution in [-0.2, 0) is 0 Å². The third-order valence-corrected chi connectivity index (χ3v) is 3.42. The molecule has 0 spiro atoms. The van der Waals surface area contributed by atoms with Crippen LogP contribution >= 0.6 is 0 Å². The fraction of sp³-hybridized carbons (Fsp3) is 0.105. The maximum Gasteiger partial charge on any atom is 0.193 e. The third-order valence-electron chi connectivity index (χ3n) is 3.42. The predicted molar refractivity (Wildman–Crippen MR) is 85.0 cm³/mol. The second-order valence-corrected chi connectivity index (χ2v) is 4.85. The second-order valence-electron chi connectivity index (χ2n) is 4.85. The summed E-state index contributed by atoms with van der Waals surface area (Å²) in [5, 5.41) is 2.12. The Bertz CT molecular complexity index is 776. The van der Waals surface area contributed by atoms with Gasteiger partial charge in [0.15, 0.2) is 5.78 Å². The van der Waals surface area contributed by atoms with E-state index in [4.69, 9.17) is 4.74 Å². The van der Waals surface area contributed by atoms with Gasteiger partial charge in [0.1, 0.15) is 5.75 Å². The van der Waals surface area contributed by atoms with E-state index in [2.05, 4.69) is 0 Å². The van der Waals surface area contributed by atoms with Crippen molar-refractivity contribution in [1.82, 2.24) is 0 Å². The minimum atomic E-state index is 0.0476. The van der Waals surface area contributed by atoms with Crippen molar-refractivity contribution < 1.29 is 9.53 Å². The van der Waals surface area contributed by atoms with Crippen molar-refractivity contribution in [3.63, 3.8) is 0 Å².